The lowest BCUT2D eigenvalue weighted by molar-refractivity contribution is 0.268. The van der Waals surface area contributed by atoms with E-state index in [1.165, 1.54) is 25.7 Å². The molecule has 1 aliphatic rings. The molecule has 1 fully saturated rings. The Bertz CT molecular complexity index is 307. The van der Waals surface area contributed by atoms with E-state index in [-0.39, 0.29) is 6.61 Å². The van der Waals surface area contributed by atoms with E-state index in [0.717, 1.165) is 24.7 Å². The third-order valence-corrected chi connectivity index (χ3v) is 3.13. The highest BCUT2D eigenvalue weighted by atomic mass is 16.3. The van der Waals surface area contributed by atoms with Crippen LogP contribution in [0.25, 0.3) is 0 Å². The monoisotopic (exact) mass is 224 g/mol. The van der Waals surface area contributed by atoms with Gasteiger partial charge in [0.2, 0.25) is 0 Å². The van der Waals surface area contributed by atoms with E-state index in [1.54, 1.807) is 4.68 Å². The second-order valence-electron chi connectivity index (χ2n) is 4.48. The number of aliphatic hydroxyl groups is 1. The molecule has 2 N–H and O–H groups in total. The molecule has 0 radical (unpaired) electrons. The smallest absolute Gasteiger partial charge is 0.0964 e. The fourth-order valence-electron chi connectivity index (χ4n) is 2.25. The Morgan fingerprint density at radius 3 is 3.00 bits per heavy atom. The van der Waals surface area contributed by atoms with Gasteiger partial charge in [0.15, 0.2) is 0 Å². The molecule has 0 saturated heterocycles. The third-order valence-electron chi connectivity index (χ3n) is 3.13. The molecule has 5 heteroatoms. The largest absolute Gasteiger partial charge is 0.394 e. The minimum absolute atomic E-state index is 0.109. The lowest BCUT2D eigenvalue weighted by Gasteiger charge is -2.08. The molecular weight excluding hydrogens is 204 g/mol. The lowest BCUT2D eigenvalue weighted by Crippen LogP contribution is -2.20. The summed E-state index contributed by atoms with van der Waals surface area (Å²) in [4.78, 5) is 0. The summed E-state index contributed by atoms with van der Waals surface area (Å²) in [5.74, 6) is 0.854. The van der Waals surface area contributed by atoms with Crippen molar-refractivity contribution in [3.05, 3.63) is 11.9 Å². The minimum Gasteiger partial charge on any atom is -0.394 e. The first-order valence-electron chi connectivity index (χ1n) is 6.09. The van der Waals surface area contributed by atoms with Gasteiger partial charge in [-0.15, -0.1) is 5.10 Å². The van der Waals surface area contributed by atoms with Crippen molar-refractivity contribution in [3.63, 3.8) is 0 Å². The van der Waals surface area contributed by atoms with E-state index in [0.29, 0.717) is 6.54 Å². The maximum Gasteiger partial charge on any atom is 0.0964 e. The first-order chi connectivity index (χ1) is 7.88. The van der Waals surface area contributed by atoms with Gasteiger partial charge in [-0.05, 0) is 25.3 Å². The van der Waals surface area contributed by atoms with Crippen LogP contribution in [0.2, 0.25) is 0 Å². The van der Waals surface area contributed by atoms with Gasteiger partial charge in [0.05, 0.1) is 18.8 Å². The summed E-state index contributed by atoms with van der Waals surface area (Å²) in [5.41, 5.74) is 0.950. The van der Waals surface area contributed by atoms with Crippen LogP contribution in [0, 0.1) is 5.92 Å². The summed E-state index contributed by atoms with van der Waals surface area (Å²) >= 11 is 0. The van der Waals surface area contributed by atoms with Crippen molar-refractivity contribution >= 4 is 0 Å². The first-order valence-corrected chi connectivity index (χ1v) is 6.09. The molecule has 0 unspecified atom stereocenters. The summed E-state index contributed by atoms with van der Waals surface area (Å²) in [6.07, 6.45) is 7.39. The standard InChI is InChI=1S/C11H20N4O/c16-6-5-15-9-11(13-14-15)8-12-7-10-3-1-2-4-10/h9-10,12,16H,1-8H2. The van der Waals surface area contributed by atoms with Gasteiger partial charge in [0.25, 0.3) is 0 Å². The zero-order valence-corrected chi connectivity index (χ0v) is 9.60. The van der Waals surface area contributed by atoms with Gasteiger partial charge in [-0.2, -0.15) is 0 Å². The molecule has 0 amide bonds. The molecular formula is C11H20N4O. The van der Waals surface area contributed by atoms with E-state index in [1.807, 2.05) is 6.20 Å². The molecule has 1 heterocycles. The Morgan fingerprint density at radius 1 is 1.44 bits per heavy atom. The SMILES string of the molecule is OCCn1cc(CNCC2CCCC2)nn1. The molecule has 90 valence electrons. The quantitative estimate of drug-likeness (QED) is 0.740. The second kappa shape index (κ2) is 5.96. The van der Waals surface area contributed by atoms with Crippen molar-refractivity contribution in [2.24, 2.45) is 5.92 Å². The molecule has 0 aromatic carbocycles. The third kappa shape index (κ3) is 3.28. The molecule has 5 nitrogen and oxygen atoms in total. The van der Waals surface area contributed by atoms with Crippen LogP contribution in [0.1, 0.15) is 31.4 Å². The zero-order chi connectivity index (χ0) is 11.2. The van der Waals surface area contributed by atoms with Crippen LogP contribution in [0.3, 0.4) is 0 Å². The predicted octanol–water partition coefficient (Wildman–Crippen LogP) is 0.550. The Balaban J connectivity index is 1.67. The van der Waals surface area contributed by atoms with Gasteiger partial charge in [0.1, 0.15) is 0 Å². The Kier molecular flexibility index (Phi) is 4.30. The van der Waals surface area contributed by atoms with E-state index >= 15 is 0 Å². The number of aromatic nitrogens is 3. The molecule has 1 aromatic heterocycles. The minimum atomic E-state index is 0.109. The van der Waals surface area contributed by atoms with Crippen molar-refractivity contribution in [1.82, 2.24) is 20.3 Å². The molecule has 1 aliphatic carbocycles. The van der Waals surface area contributed by atoms with Crippen LogP contribution in [-0.2, 0) is 13.1 Å². The van der Waals surface area contributed by atoms with E-state index < -0.39 is 0 Å². The Labute approximate surface area is 95.8 Å². The maximum atomic E-state index is 8.74. The van der Waals surface area contributed by atoms with Crippen molar-refractivity contribution in [2.45, 2.75) is 38.8 Å². The predicted molar refractivity (Wildman–Crippen MR) is 60.8 cm³/mol. The van der Waals surface area contributed by atoms with Gasteiger partial charge in [0, 0.05) is 12.7 Å². The molecule has 0 atom stereocenters. The van der Waals surface area contributed by atoms with Gasteiger partial charge in [-0.1, -0.05) is 18.1 Å². The average Bonchev–Trinajstić information content (AvgIpc) is 2.90. The fourth-order valence-corrected chi connectivity index (χ4v) is 2.25. The van der Waals surface area contributed by atoms with Crippen LogP contribution in [-0.4, -0.2) is 33.3 Å². The summed E-state index contributed by atoms with van der Waals surface area (Å²) in [6, 6.07) is 0. The summed E-state index contributed by atoms with van der Waals surface area (Å²) in [6.45, 7) is 2.50. The normalized spacial score (nSPS) is 17.1. The number of hydrogen-bond donors (Lipinski definition) is 2. The van der Waals surface area contributed by atoms with Crippen molar-refractivity contribution in [3.8, 4) is 0 Å². The second-order valence-corrected chi connectivity index (χ2v) is 4.48. The Morgan fingerprint density at radius 2 is 2.25 bits per heavy atom. The van der Waals surface area contributed by atoms with Crippen LogP contribution >= 0.6 is 0 Å². The summed E-state index contributed by atoms with van der Waals surface area (Å²) < 4.78 is 1.67. The highest BCUT2D eigenvalue weighted by Crippen LogP contribution is 2.23. The van der Waals surface area contributed by atoms with Crippen LogP contribution in [0.15, 0.2) is 6.20 Å². The first kappa shape index (κ1) is 11.5. The topological polar surface area (TPSA) is 63.0 Å². The van der Waals surface area contributed by atoms with Gasteiger partial charge in [-0.3, -0.25) is 0 Å². The molecule has 16 heavy (non-hydrogen) atoms. The molecule has 0 spiro atoms. The summed E-state index contributed by atoms with van der Waals surface area (Å²) in [7, 11) is 0. The average molecular weight is 224 g/mol. The van der Waals surface area contributed by atoms with Crippen LogP contribution < -0.4 is 5.32 Å². The van der Waals surface area contributed by atoms with E-state index in [4.69, 9.17) is 5.11 Å². The Hall–Kier alpha value is -0.940. The number of nitrogens with zero attached hydrogens (tertiary/aromatic N) is 3. The highest BCUT2D eigenvalue weighted by Gasteiger charge is 2.14. The van der Waals surface area contributed by atoms with Crippen LogP contribution in [0.4, 0.5) is 0 Å². The molecule has 1 saturated carbocycles. The number of nitrogens with one attached hydrogen (secondary N) is 1. The molecule has 0 aliphatic heterocycles. The van der Waals surface area contributed by atoms with E-state index in [9.17, 15) is 0 Å². The number of rotatable bonds is 6. The van der Waals surface area contributed by atoms with Crippen LogP contribution in [0.5, 0.6) is 0 Å². The number of aliphatic hydroxyl groups excluding tert-OH is 1. The van der Waals surface area contributed by atoms with E-state index in [2.05, 4.69) is 15.6 Å². The lowest BCUT2D eigenvalue weighted by atomic mass is 10.1. The molecule has 1 aromatic rings. The van der Waals surface area contributed by atoms with Gasteiger partial charge in [-0.25, -0.2) is 4.68 Å². The van der Waals surface area contributed by atoms with Crippen molar-refractivity contribution in [1.29, 1.82) is 0 Å². The molecule has 2 rings (SSSR count). The van der Waals surface area contributed by atoms with Crippen molar-refractivity contribution < 1.29 is 5.11 Å². The zero-order valence-electron chi connectivity index (χ0n) is 9.60. The number of hydrogen-bond acceptors (Lipinski definition) is 4. The van der Waals surface area contributed by atoms with Gasteiger partial charge >= 0.3 is 0 Å². The fraction of sp³-hybridized carbons (Fsp3) is 0.818. The van der Waals surface area contributed by atoms with Gasteiger partial charge < -0.3 is 10.4 Å². The van der Waals surface area contributed by atoms with Crippen molar-refractivity contribution in [2.75, 3.05) is 13.2 Å². The molecule has 0 bridgehead atoms. The summed E-state index contributed by atoms with van der Waals surface area (Å²) in [5, 5.41) is 20.1. The maximum absolute atomic E-state index is 8.74. The highest BCUT2D eigenvalue weighted by molar-refractivity contribution is 4.91.